The Hall–Kier alpha value is -7.98. The fourth-order valence-corrected chi connectivity index (χ4v) is 14.1. The summed E-state index contributed by atoms with van der Waals surface area (Å²) in [6.45, 7) is 0. The molecule has 0 spiro atoms. The third-order valence-corrected chi connectivity index (χ3v) is 16.7. The van der Waals surface area contributed by atoms with Crippen molar-refractivity contribution in [2.24, 2.45) is 0 Å². The molecule has 0 amide bonds. The van der Waals surface area contributed by atoms with Gasteiger partial charge < -0.3 is 9.13 Å². The molecule has 0 unspecified atom stereocenters. The van der Waals surface area contributed by atoms with Crippen molar-refractivity contribution in [1.29, 1.82) is 0 Å². The predicted octanol–water partition coefficient (Wildman–Crippen LogP) is 12.6. The largest absolute Gasteiger partial charge is 0.309 e. The molecular weight excluding hydrogens is 777 g/mol. The van der Waals surface area contributed by atoms with Crippen molar-refractivity contribution in [2.75, 3.05) is 0 Å². The molecule has 0 saturated carbocycles. The first kappa shape index (κ1) is 23.9. The molecule has 0 aliphatic carbocycles. The van der Waals surface area contributed by atoms with Crippen molar-refractivity contribution in [3.63, 3.8) is 0 Å². The minimum Gasteiger partial charge on any atom is -0.309 e. The molecule has 0 saturated heterocycles. The SMILES string of the molecule is [2H]c1c([2H])c([2H])c(-c2cccc(-n3c4ccc(-n5c6c([2H])c([2H])c([2H])c([2H])c6c6c([Si](c7ccccc7)(c7ccccc7)c7ccc(-c8ccccc8)cc7)c([2H])c([2H])c([2H])c65)cc4c4c([2H])c([2H])c([2H])c([2H])c43)c2)c([2H])c1[2H]. The molecule has 2 heterocycles. The van der Waals surface area contributed by atoms with Crippen molar-refractivity contribution in [3.8, 4) is 33.6 Å². The second-order valence-electron chi connectivity index (χ2n) is 15.3. The first-order chi connectivity index (χ1) is 37.9. The van der Waals surface area contributed by atoms with Crippen LogP contribution in [-0.4, -0.2) is 17.2 Å². The maximum absolute atomic E-state index is 10.2. The highest BCUT2D eigenvalue weighted by atomic mass is 28.3. The molecule has 63 heavy (non-hydrogen) atoms. The van der Waals surface area contributed by atoms with E-state index in [1.165, 1.54) is 4.57 Å². The summed E-state index contributed by atoms with van der Waals surface area (Å²) in [7, 11) is -3.95. The number of aromatic nitrogens is 2. The van der Waals surface area contributed by atoms with Crippen LogP contribution in [0.25, 0.3) is 77.2 Å². The van der Waals surface area contributed by atoms with Crippen LogP contribution in [0.3, 0.4) is 0 Å². The van der Waals surface area contributed by atoms with Crippen LogP contribution in [0.5, 0.6) is 0 Å². The van der Waals surface area contributed by atoms with Crippen molar-refractivity contribution in [1.82, 2.24) is 9.13 Å². The van der Waals surface area contributed by atoms with Crippen LogP contribution in [0.1, 0.15) is 21.9 Å². The predicted molar refractivity (Wildman–Crippen MR) is 270 cm³/mol. The Morgan fingerprint density at radius 2 is 0.857 bits per heavy atom. The molecule has 2 aromatic heterocycles. The minimum atomic E-state index is -3.95. The number of benzene rings is 10. The van der Waals surface area contributed by atoms with Gasteiger partial charge in [-0.1, -0.05) is 206 Å². The maximum Gasteiger partial charge on any atom is 0.180 e. The van der Waals surface area contributed by atoms with E-state index in [9.17, 15) is 11.0 Å². The van der Waals surface area contributed by atoms with Gasteiger partial charge >= 0.3 is 0 Å². The van der Waals surface area contributed by atoms with E-state index in [1.54, 1.807) is 47.0 Å². The second-order valence-corrected chi connectivity index (χ2v) is 19.0. The zero-order valence-electron chi connectivity index (χ0n) is 49.4. The summed E-state index contributed by atoms with van der Waals surface area (Å²) in [6, 6.07) is 41.2. The quantitative estimate of drug-likeness (QED) is 0.107. The van der Waals surface area contributed by atoms with Crippen LogP contribution in [0, 0.1) is 0 Å². The first-order valence-corrected chi connectivity index (χ1v) is 22.5. The lowest BCUT2D eigenvalue weighted by molar-refractivity contribution is 1.17. The Bertz CT molecular complexity index is 4480. The Morgan fingerprint density at radius 3 is 1.57 bits per heavy atom. The molecule has 2 nitrogen and oxygen atoms in total. The van der Waals surface area contributed by atoms with Gasteiger partial charge in [0.05, 0.1) is 44.0 Å². The average molecular weight is 835 g/mol. The molecule has 12 rings (SSSR count). The second kappa shape index (κ2) is 15.2. The lowest BCUT2D eigenvalue weighted by Crippen LogP contribution is -2.74. The molecule has 3 heteroatoms. The number of rotatable bonds is 8. The summed E-state index contributed by atoms with van der Waals surface area (Å²) in [5, 5.41) is 3.31. The topological polar surface area (TPSA) is 9.86 Å². The summed E-state index contributed by atoms with van der Waals surface area (Å²) < 4.78 is 150. The molecule has 0 radical (unpaired) electrons. The van der Waals surface area contributed by atoms with Crippen LogP contribution in [-0.2, 0) is 0 Å². The third-order valence-electron chi connectivity index (χ3n) is 12.0. The van der Waals surface area contributed by atoms with Crippen LogP contribution < -0.4 is 20.7 Å². The fourth-order valence-electron chi connectivity index (χ4n) is 9.28. The zero-order chi connectivity index (χ0) is 55.7. The molecular formula is C60H42N2Si. The van der Waals surface area contributed by atoms with Gasteiger partial charge in [-0.05, 0) is 91.5 Å². The minimum absolute atomic E-state index is 0.0246. The summed E-state index contributed by atoms with van der Waals surface area (Å²) in [6.07, 6.45) is 0. The number of fused-ring (bicyclic) bond motifs is 6. The molecule has 0 aliphatic rings. The molecule has 0 fully saturated rings. The van der Waals surface area contributed by atoms with Gasteiger partial charge in [-0.15, -0.1) is 0 Å². The van der Waals surface area contributed by atoms with Crippen LogP contribution in [0.15, 0.2) is 254 Å². The fraction of sp³-hybridized carbons (Fsp3) is 0. The first-order valence-electron chi connectivity index (χ1n) is 28.5. The van der Waals surface area contributed by atoms with E-state index in [0.717, 1.165) is 26.7 Å². The number of hydrogen-bond donors (Lipinski definition) is 0. The highest BCUT2D eigenvalue weighted by Crippen LogP contribution is 2.38. The van der Waals surface area contributed by atoms with Gasteiger partial charge in [-0.2, -0.15) is 0 Å². The van der Waals surface area contributed by atoms with Gasteiger partial charge in [0.25, 0.3) is 0 Å². The third kappa shape index (κ3) is 5.93. The van der Waals surface area contributed by atoms with Crippen LogP contribution >= 0.6 is 0 Å². The summed E-state index contributed by atoms with van der Waals surface area (Å²) >= 11 is 0. The number of hydrogen-bond acceptors (Lipinski definition) is 0. The normalized spacial score (nSPS) is 15.4. The molecule has 0 N–H and O–H groups in total. The van der Waals surface area contributed by atoms with E-state index >= 15 is 0 Å². The highest BCUT2D eigenvalue weighted by molar-refractivity contribution is 7.20. The zero-order valence-corrected chi connectivity index (χ0v) is 34.4. The van der Waals surface area contributed by atoms with Crippen LogP contribution in [0.4, 0.5) is 0 Å². The van der Waals surface area contributed by atoms with E-state index in [0.29, 0.717) is 16.4 Å². The van der Waals surface area contributed by atoms with Crippen LogP contribution in [0.2, 0.25) is 0 Å². The Balaban J connectivity index is 1.23. The lowest BCUT2D eigenvalue weighted by Gasteiger charge is -2.35. The molecule has 0 bridgehead atoms. The molecule has 10 aromatic carbocycles. The summed E-state index contributed by atoms with van der Waals surface area (Å²) in [5.74, 6) is 0. The standard InChI is InChI=1S/C60H42N2Si/c1-5-19-43(20-6-1)45-35-38-51(39-36-45)63(49-25-9-3-10-26-49,50-27-11-4-12-28-50)59-34-18-33-58-60(59)53-30-14-16-32-56(53)62(58)48-37-40-57-54(42-48)52-29-13-15-31-55(52)61(57)47-24-17-23-46(41-47)44-21-7-2-8-22-44/h1-42H/i2D,7D,8D,13D,14D,15D,16D,18D,21D,22D,29D,30D,31D,32D,33D,34D. The Kier molecular flexibility index (Phi) is 5.75. The van der Waals surface area contributed by atoms with E-state index in [1.807, 2.05) is 115 Å². The van der Waals surface area contributed by atoms with E-state index in [4.69, 9.17) is 11.0 Å². The highest BCUT2D eigenvalue weighted by Gasteiger charge is 2.43. The number of para-hydroxylation sites is 2. The Morgan fingerprint density at radius 1 is 0.317 bits per heavy atom. The average Bonchev–Trinajstić information content (AvgIpc) is 2.94. The smallest absolute Gasteiger partial charge is 0.180 e. The molecule has 0 aliphatic heterocycles. The van der Waals surface area contributed by atoms with Crippen molar-refractivity contribution >= 4 is 72.4 Å². The lowest BCUT2D eigenvalue weighted by atomic mass is 10.1. The summed E-state index contributed by atoms with van der Waals surface area (Å²) in [4.78, 5) is 0. The van der Waals surface area contributed by atoms with Crippen molar-refractivity contribution in [2.45, 2.75) is 0 Å². The maximum atomic E-state index is 10.2. The van der Waals surface area contributed by atoms with Gasteiger partial charge in [-0.3, -0.25) is 0 Å². The van der Waals surface area contributed by atoms with Gasteiger partial charge in [0.1, 0.15) is 0 Å². The van der Waals surface area contributed by atoms with Gasteiger partial charge in [0.15, 0.2) is 8.07 Å². The molecule has 12 aromatic rings. The molecule has 296 valence electrons. The monoisotopic (exact) mass is 834 g/mol. The Labute approximate surface area is 390 Å². The van der Waals surface area contributed by atoms with E-state index in [-0.39, 0.29) is 61.0 Å². The number of nitrogens with zero attached hydrogens (tertiary/aromatic N) is 2. The van der Waals surface area contributed by atoms with Crippen molar-refractivity contribution < 1.29 is 21.9 Å². The van der Waals surface area contributed by atoms with Crippen molar-refractivity contribution in [3.05, 3.63) is 254 Å². The molecule has 0 atom stereocenters. The summed E-state index contributed by atoms with van der Waals surface area (Å²) in [5.41, 5.74) is 3.02. The van der Waals surface area contributed by atoms with Gasteiger partial charge in [0, 0.05) is 32.9 Å². The van der Waals surface area contributed by atoms with E-state index < -0.39 is 98.7 Å². The van der Waals surface area contributed by atoms with Gasteiger partial charge in [-0.25, -0.2) is 0 Å². The van der Waals surface area contributed by atoms with Gasteiger partial charge in [0.2, 0.25) is 0 Å². The van der Waals surface area contributed by atoms with E-state index in [2.05, 4.69) is 0 Å².